The molecule has 2 rings (SSSR count). The molecule has 1 aliphatic heterocycles. The molecule has 0 saturated heterocycles. The third kappa shape index (κ3) is 1.60. The Morgan fingerprint density at radius 1 is 1.54 bits per heavy atom. The zero-order valence-corrected chi connectivity index (χ0v) is 8.54. The van der Waals surface area contributed by atoms with Crippen LogP contribution in [-0.4, -0.2) is 6.61 Å². The molecular weight excluding hydrogens is 230 g/mol. The second kappa shape index (κ2) is 3.49. The molecule has 0 saturated carbocycles. The van der Waals surface area contributed by atoms with Gasteiger partial charge in [0.15, 0.2) is 6.10 Å². The van der Waals surface area contributed by atoms with Gasteiger partial charge in [0.25, 0.3) is 0 Å². The number of fused-ring (bicyclic) bond motifs is 1. The van der Waals surface area contributed by atoms with E-state index in [1.54, 1.807) is 0 Å². The molecule has 1 unspecified atom stereocenters. The quantitative estimate of drug-likeness (QED) is 0.695. The van der Waals surface area contributed by atoms with Crippen molar-refractivity contribution in [2.75, 3.05) is 6.61 Å². The van der Waals surface area contributed by atoms with E-state index in [-0.39, 0.29) is 6.10 Å². The maximum absolute atomic E-state index is 8.84. The molecule has 1 heterocycles. The van der Waals surface area contributed by atoms with Crippen molar-refractivity contribution in [1.82, 2.24) is 0 Å². The molecule has 1 aliphatic rings. The Bertz CT molecular complexity index is 370. The van der Waals surface area contributed by atoms with Crippen LogP contribution in [0.15, 0.2) is 22.7 Å². The summed E-state index contributed by atoms with van der Waals surface area (Å²) in [6, 6.07) is 8.15. The van der Waals surface area contributed by atoms with Crippen molar-refractivity contribution in [2.45, 2.75) is 12.5 Å². The molecule has 66 valence electrons. The monoisotopic (exact) mass is 237 g/mol. The van der Waals surface area contributed by atoms with Crippen LogP contribution in [0.1, 0.15) is 17.2 Å². The number of rotatable bonds is 0. The number of hydrogen-bond acceptors (Lipinski definition) is 2. The second-order valence-electron chi connectivity index (χ2n) is 2.97. The molecule has 1 aromatic carbocycles. The highest BCUT2D eigenvalue weighted by Gasteiger charge is 2.19. The zero-order chi connectivity index (χ0) is 9.26. The van der Waals surface area contributed by atoms with Gasteiger partial charge >= 0.3 is 0 Å². The molecule has 0 aliphatic carbocycles. The van der Waals surface area contributed by atoms with Crippen molar-refractivity contribution in [1.29, 1.82) is 5.26 Å². The van der Waals surface area contributed by atoms with Gasteiger partial charge in [0.2, 0.25) is 0 Å². The Labute approximate surface area is 85.3 Å². The third-order valence-corrected chi connectivity index (χ3v) is 2.66. The van der Waals surface area contributed by atoms with Gasteiger partial charge in [-0.15, -0.1) is 0 Å². The van der Waals surface area contributed by atoms with Gasteiger partial charge in [0, 0.05) is 4.47 Å². The van der Waals surface area contributed by atoms with Crippen LogP contribution in [-0.2, 0) is 11.2 Å². The first-order valence-corrected chi connectivity index (χ1v) is 4.90. The smallest absolute Gasteiger partial charge is 0.169 e. The molecule has 0 radical (unpaired) electrons. The fourth-order valence-corrected chi connectivity index (χ4v) is 1.90. The minimum absolute atomic E-state index is 0.388. The summed E-state index contributed by atoms with van der Waals surface area (Å²) in [5.74, 6) is 0. The Hall–Kier alpha value is -0.850. The largest absolute Gasteiger partial charge is 0.358 e. The topological polar surface area (TPSA) is 33.0 Å². The van der Waals surface area contributed by atoms with E-state index in [4.69, 9.17) is 10.00 Å². The van der Waals surface area contributed by atoms with Gasteiger partial charge in [-0.25, -0.2) is 0 Å². The minimum Gasteiger partial charge on any atom is -0.358 e. The van der Waals surface area contributed by atoms with E-state index >= 15 is 0 Å². The lowest BCUT2D eigenvalue weighted by Crippen LogP contribution is -2.14. The highest BCUT2D eigenvalue weighted by Crippen LogP contribution is 2.28. The first-order valence-electron chi connectivity index (χ1n) is 4.11. The highest BCUT2D eigenvalue weighted by atomic mass is 79.9. The first-order chi connectivity index (χ1) is 6.31. The van der Waals surface area contributed by atoms with Crippen molar-refractivity contribution in [2.24, 2.45) is 0 Å². The van der Waals surface area contributed by atoms with Crippen LogP contribution in [0.25, 0.3) is 0 Å². The number of nitrogens with zero attached hydrogens (tertiary/aromatic N) is 1. The summed E-state index contributed by atoms with van der Waals surface area (Å²) in [6.07, 6.45) is 0.516. The SMILES string of the molecule is N#CC1OCCc2ccc(Br)cc21. The Kier molecular flexibility index (Phi) is 2.34. The van der Waals surface area contributed by atoms with E-state index in [1.807, 2.05) is 18.2 Å². The molecule has 13 heavy (non-hydrogen) atoms. The average molecular weight is 238 g/mol. The molecule has 2 nitrogen and oxygen atoms in total. The molecule has 3 heteroatoms. The molecule has 1 atom stereocenters. The lowest BCUT2D eigenvalue weighted by atomic mass is 9.98. The van der Waals surface area contributed by atoms with Crippen molar-refractivity contribution >= 4 is 15.9 Å². The highest BCUT2D eigenvalue weighted by molar-refractivity contribution is 9.10. The molecule has 0 N–H and O–H groups in total. The first kappa shape index (κ1) is 8.74. The Morgan fingerprint density at radius 2 is 2.38 bits per heavy atom. The van der Waals surface area contributed by atoms with Gasteiger partial charge in [-0.3, -0.25) is 0 Å². The minimum atomic E-state index is -0.388. The van der Waals surface area contributed by atoms with E-state index in [9.17, 15) is 0 Å². The summed E-state index contributed by atoms with van der Waals surface area (Å²) >= 11 is 3.38. The lowest BCUT2D eigenvalue weighted by molar-refractivity contribution is 0.0799. The number of hydrogen-bond donors (Lipinski definition) is 0. The van der Waals surface area contributed by atoms with Crippen molar-refractivity contribution in [3.63, 3.8) is 0 Å². The average Bonchev–Trinajstić information content (AvgIpc) is 2.17. The standard InChI is InChI=1S/C10H8BrNO/c11-8-2-1-7-3-4-13-10(6-12)9(7)5-8/h1-2,5,10H,3-4H2. The lowest BCUT2D eigenvalue weighted by Gasteiger charge is -2.20. The molecule has 0 spiro atoms. The zero-order valence-electron chi connectivity index (χ0n) is 6.96. The van der Waals surface area contributed by atoms with Gasteiger partial charge in [-0.1, -0.05) is 22.0 Å². The van der Waals surface area contributed by atoms with Crippen molar-refractivity contribution in [3.05, 3.63) is 33.8 Å². The third-order valence-electron chi connectivity index (χ3n) is 2.16. The molecule has 1 aromatic rings. The molecule has 0 fully saturated rings. The second-order valence-corrected chi connectivity index (χ2v) is 3.89. The predicted molar refractivity (Wildman–Crippen MR) is 52.2 cm³/mol. The van der Waals surface area contributed by atoms with Crippen LogP contribution in [0, 0.1) is 11.3 Å². The van der Waals surface area contributed by atoms with Gasteiger partial charge in [0.1, 0.15) is 0 Å². The summed E-state index contributed by atoms with van der Waals surface area (Å²) in [4.78, 5) is 0. The molecule has 0 amide bonds. The van der Waals surface area contributed by atoms with Gasteiger partial charge in [-0.05, 0) is 29.7 Å². The summed E-state index contributed by atoms with van der Waals surface area (Å²) in [7, 11) is 0. The Balaban J connectivity index is 2.49. The van der Waals surface area contributed by atoms with Crippen LogP contribution in [0.3, 0.4) is 0 Å². The summed E-state index contributed by atoms with van der Waals surface area (Å²) in [5.41, 5.74) is 2.23. The summed E-state index contributed by atoms with van der Waals surface area (Å²) in [6.45, 7) is 0.646. The van der Waals surface area contributed by atoms with Crippen LogP contribution < -0.4 is 0 Å². The van der Waals surface area contributed by atoms with E-state index in [0.717, 1.165) is 16.5 Å². The van der Waals surface area contributed by atoms with Crippen LogP contribution in [0.5, 0.6) is 0 Å². The maximum Gasteiger partial charge on any atom is 0.169 e. The van der Waals surface area contributed by atoms with E-state index < -0.39 is 0 Å². The van der Waals surface area contributed by atoms with Crippen LogP contribution >= 0.6 is 15.9 Å². The normalized spacial score (nSPS) is 20.5. The van der Waals surface area contributed by atoms with Crippen molar-refractivity contribution in [3.8, 4) is 6.07 Å². The van der Waals surface area contributed by atoms with E-state index in [0.29, 0.717) is 6.61 Å². The molecular formula is C10H8BrNO. The Morgan fingerprint density at radius 3 is 3.15 bits per heavy atom. The number of benzene rings is 1. The maximum atomic E-state index is 8.84. The number of ether oxygens (including phenoxy) is 1. The molecule has 0 bridgehead atoms. The van der Waals surface area contributed by atoms with Gasteiger partial charge < -0.3 is 4.74 Å². The fourth-order valence-electron chi connectivity index (χ4n) is 1.52. The number of halogens is 1. The predicted octanol–water partition coefficient (Wildman–Crippen LogP) is 2.59. The summed E-state index contributed by atoms with van der Waals surface area (Å²) < 4.78 is 6.32. The van der Waals surface area contributed by atoms with E-state index in [2.05, 4.69) is 22.0 Å². The summed E-state index contributed by atoms with van der Waals surface area (Å²) in [5, 5.41) is 8.84. The van der Waals surface area contributed by atoms with Crippen LogP contribution in [0.2, 0.25) is 0 Å². The van der Waals surface area contributed by atoms with Crippen molar-refractivity contribution < 1.29 is 4.74 Å². The number of nitriles is 1. The van der Waals surface area contributed by atoms with Gasteiger partial charge in [0.05, 0.1) is 12.7 Å². The van der Waals surface area contributed by atoms with E-state index in [1.165, 1.54) is 5.56 Å². The molecule has 0 aromatic heterocycles. The van der Waals surface area contributed by atoms with Gasteiger partial charge in [-0.2, -0.15) is 5.26 Å². The fraction of sp³-hybridized carbons (Fsp3) is 0.300. The van der Waals surface area contributed by atoms with Crippen LogP contribution in [0.4, 0.5) is 0 Å².